The number of carbonyl (C=O) groups is 8. The predicted octanol–water partition coefficient (Wildman–Crippen LogP) is -5.21. The van der Waals surface area contributed by atoms with Gasteiger partial charge in [-0.25, -0.2) is 0 Å². The molecule has 7 amide bonds. The minimum absolute atomic E-state index is 0.0448. The van der Waals surface area contributed by atoms with E-state index in [1.54, 1.807) is 44.2 Å². The van der Waals surface area contributed by atoms with Crippen LogP contribution in [0.15, 0.2) is 35.3 Å². The molecule has 0 unspecified atom stereocenters. The monoisotopic (exact) mass is 807 g/mol. The van der Waals surface area contributed by atoms with Crippen LogP contribution in [0.3, 0.4) is 0 Å². The van der Waals surface area contributed by atoms with Gasteiger partial charge in [-0.05, 0) is 51.0 Å². The fraction of sp³-hybridized carbons (Fsp3) is 0.571. The highest BCUT2D eigenvalue weighted by Gasteiger charge is 2.32. The largest absolute Gasteiger partial charge is 0.480 e. The van der Waals surface area contributed by atoms with Crippen molar-refractivity contribution in [3.8, 4) is 0 Å². The molecular formula is C35H57N11O11. The second-order valence-corrected chi connectivity index (χ2v) is 13.6. The Morgan fingerprint density at radius 3 is 1.72 bits per heavy atom. The SMILES string of the molecule is CC(C)C[C@H](NC(=O)[C@H](CCCN=C(N)N)NC(=O)[C@H](CO)NC(=O)[C@H](CO)NC(=O)[C@@H](N)Cc1ccccc1)C(=O)NCC(=O)N[C@@H](C)C(=O)N[C@@H](C)C(=O)O. The Balaban J connectivity index is 3.03. The highest BCUT2D eigenvalue weighted by Crippen LogP contribution is 2.08. The summed E-state index contributed by atoms with van der Waals surface area (Å²) in [6, 6.07) is -0.448. The molecule has 0 bridgehead atoms. The standard InChI is InChI=1S/C35H57N11O11/c1-18(2)13-24(30(52)40-15-27(49)41-19(3)28(50)42-20(4)34(56)57)44-31(53)23(11-8-12-39-35(37)38)43-32(54)26(17-48)46-33(55)25(16-47)45-29(51)22(36)14-21-9-6-5-7-10-21/h5-7,9-10,18-20,22-26,47-48H,8,11-17,36H2,1-4H3,(H,40,52)(H,41,49)(H,42,50)(H,43,54)(H,44,53)(H,45,51)(H,46,55)(H,56,57)(H4,37,38,39)/t19-,20-,22-,23-,24-,25-,26-/m0/s1. The van der Waals surface area contributed by atoms with Crippen molar-refractivity contribution >= 4 is 53.3 Å². The van der Waals surface area contributed by atoms with Crippen LogP contribution in [0.25, 0.3) is 0 Å². The molecule has 0 spiro atoms. The molecule has 7 atom stereocenters. The number of carboxylic acid groups (broad SMARTS) is 1. The highest BCUT2D eigenvalue weighted by atomic mass is 16.4. The molecule has 0 saturated heterocycles. The first-order valence-corrected chi connectivity index (χ1v) is 18.2. The van der Waals surface area contributed by atoms with Crippen molar-refractivity contribution in [2.75, 3.05) is 26.3 Å². The fourth-order valence-corrected chi connectivity index (χ4v) is 4.97. The maximum atomic E-state index is 13.6. The average molecular weight is 808 g/mol. The second-order valence-electron chi connectivity index (χ2n) is 13.6. The number of amides is 7. The Morgan fingerprint density at radius 2 is 1.19 bits per heavy atom. The van der Waals surface area contributed by atoms with E-state index in [1.807, 2.05) is 0 Å². The number of aliphatic hydroxyl groups is 2. The molecule has 0 aromatic heterocycles. The van der Waals surface area contributed by atoms with Crippen LogP contribution in [0.4, 0.5) is 0 Å². The van der Waals surface area contributed by atoms with Crippen molar-refractivity contribution in [1.82, 2.24) is 37.2 Å². The number of rotatable bonds is 25. The van der Waals surface area contributed by atoms with Gasteiger partial charge in [-0.15, -0.1) is 0 Å². The van der Waals surface area contributed by atoms with Crippen LogP contribution in [0, 0.1) is 5.92 Å². The summed E-state index contributed by atoms with van der Waals surface area (Å²) in [7, 11) is 0. The van der Waals surface area contributed by atoms with Gasteiger partial charge in [0.1, 0.15) is 36.3 Å². The number of nitrogens with one attached hydrogen (secondary N) is 7. The van der Waals surface area contributed by atoms with E-state index in [2.05, 4.69) is 42.2 Å². The quantitative estimate of drug-likeness (QED) is 0.0250. The first-order valence-electron chi connectivity index (χ1n) is 18.2. The lowest BCUT2D eigenvalue weighted by Gasteiger charge is -2.26. The second kappa shape index (κ2) is 25.3. The van der Waals surface area contributed by atoms with Crippen LogP contribution in [0.2, 0.25) is 0 Å². The van der Waals surface area contributed by atoms with Crippen molar-refractivity contribution in [3.05, 3.63) is 35.9 Å². The summed E-state index contributed by atoms with van der Waals surface area (Å²) in [6.07, 6.45) is 0.269. The number of hydrogen-bond donors (Lipinski definition) is 13. The Bertz CT molecular complexity index is 1560. The number of carboxylic acids is 1. The Hall–Kier alpha value is -5.87. The number of carbonyl (C=O) groups excluding carboxylic acids is 7. The summed E-state index contributed by atoms with van der Waals surface area (Å²) >= 11 is 0. The van der Waals surface area contributed by atoms with Gasteiger partial charge in [0, 0.05) is 6.54 Å². The van der Waals surface area contributed by atoms with Crippen LogP contribution >= 0.6 is 0 Å². The molecule has 0 saturated carbocycles. The number of nitrogens with two attached hydrogens (primary N) is 3. The Kier molecular flexibility index (Phi) is 21.8. The van der Waals surface area contributed by atoms with Gasteiger partial charge in [0.05, 0.1) is 25.8 Å². The number of hydrogen-bond acceptors (Lipinski definition) is 12. The molecule has 0 heterocycles. The lowest BCUT2D eigenvalue weighted by atomic mass is 10.0. The molecule has 16 N–H and O–H groups in total. The maximum absolute atomic E-state index is 13.6. The smallest absolute Gasteiger partial charge is 0.325 e. The van der Waals surface area contributed by atoms with Gasteiger partial charge in [0.2, 0.25) is 41.4 Å². The predicted molar refractivity (Wildman–Crippen MR) is 205 cm³/mol. The van der Waals surface area contributed by atoms with E-state index in [9.17, 15) is 48.6 Å². The zero-order chi connectivity index (χ0) is 43.2. The zero-order valence-corrected chi connectivity index (χ0v) is 32.4. The first-order chi connectivity index (χ1) is 26.8. The zero-order valence-electron chi connectivity index (χ0n) is 32.4. The first kappa shape index (κ1) is 49.1. The minimum Gasteiger partial charge on any atom is -0.480 e. The number of aliphatic imine (C=N–C) groups is 1. The topological polar surface area (TPSA) is 372 Å². The van der Waals surface area contributed by atoms with E-state index in [1.165, 1.54) is 13.8 Å². The van der Waals surface area contributed by atoms with Crippen LogP contribution in [-0.2, 0) is 44.8 Å². The van der Waals surface area contributed by atoms with Crippen molar-refractivity contribution in [3.63, 3.8) is 0 Å². The maximum Gasteiger partial charge on any atom is 0.325 e. The summed E-state index contributed by atoms with van der Waals surface area (Å²) in [6.45, 7) is 3.67. The molecule has 22 nitrogen and oxygen atoms in total. The lowest BCUT2D eigenvalue weighted by molar-refractivity contribution is -0.141. The molecule has 0 aliphatic carbocycles. The summed E-state index contributed by atoms with van der Waals surface area (Å²) in [5.74, 6) is -7.70. The van der Waals surface area contributed by atoms with E-state index in [4.69, 9.17) is 22.3 Å². The number of nitrogens with zero attached hydrogens (tertiary/aromatic N) is 1. The number of guanidine groups is 1. The van der Waals surface area contributed by atoms with E-state index >= 15 is 0 Å². The number of aliphatic carboxylic acids is 1. The molecule has 57 heavy (non-hydrogen) atoms. The van der Waals surface area contributed by atoms with Crippen molar-refractivity contribution < 1.29 is 53.7 Å². The normalized spacial score (nSPS) is 14.5. The van der Waals surface area contributed by atoms with E-state index in [-0.39, 0.29) is 44.1 Å². The molecule has 0 fully saturated rings. The van der Waals surface area contributed by atoms with Gasteiger partial charge in [0.25, 0.3) is 0 Å². The number of benzene rings is 1. The molecule has 1 aromatic carbocycles. The van der Waals surface area contributed by atoms with E-state index in [0.29, 0.717) is 0 Å². The lowest BCUT2D eigenvalue weighted by Crippen LogP contribution is -2.60. The summed E-state index contributed by atoms with van der Waals surface area (Å²) in [5.41, 5.74) is 17.5. The average Bonchev–Trinajstić information content (AvgIpc) is 3.15. The van der Waals surface area contributed by atoms with Crippen LogP contribution in [-0.4, -0.2) is 137 Å². The van der Waals surface area contributed by atoms with Crippen LogP contribution in [0.1, 0.15) is 52.5 Å². The van der Waals surface area contributed by atoms with Gasteiger partial charge in [-0.2, -0.15) is 0 Å². The number of aliphatic hydroxyl groups excluding tert-OH is 2. The molecule has 1 rings (SSSR count). The Labute approximate surface area is 329 Å². The van der Waals surface area contributed by atoms with Crippen molar-refractivity contribution in [1.29, 1.82) is 0 Å². The molecule has 0 aliphatic rings. The molecule has 0 radical (unpaired) electrons. The summed E-state index contributed by atoms with van der Waals surface area (Å²) in [5, 5.41) is 45.2. The molecular weight excluding hydrogens is 750 g/mol. The van der Waals surface area contributed by atoms with Crippen LogP contribution in [0.5, 0.6) is 0 Å². The van der Waals surface area contributed by atoms with Gasteiger partial charge in [-0.1, -0.05) is 44.2 Å². The molecule has 0 aliphatic heterocycles. The van der Waals surface area contributed by atoms with Gasteiger partial charge in [-0.3, -0.25) is 43.3 Å². The van der Waals surface area contributed by atoms with Crippen molar-refractivity contribution in [2.45, 2.75) is 95.7 Å². The summed E-state index contributed by atoms with van der Waals surface area (Å²) in [4.78, 5) is 105. The molecule has 22 heteroatoms. The molecule has 1 aromatic rings. The third-order valence-corrected chi connectivity index (χ3v) is 8.11. The molecule has 318 valence electrons. The fourth-order valence-electron chi connectivity index (χ4n) is 4.97. The third-order valence-electron chi connectivity index (χ3n) is 8.11. The van der Waals surface area contributed by atoms with Crippen molar-refractivity contribution in [2.24, 2.45) is 28.1 Å². The van der Waals surface area contributed by atoms with Gasteiger partial charge in [0.15, 0.2) is 5.96 Å². The summed E-state index contributed by atoms with van der Waals surface area (Å²) < 4.78 is 0. The van der Waals surface area contributed by atoms with Gasteiger partial charge >= 0.3 is 5.97 Å². The Morgan fingerprint density at radius 1 is 0.667 bits per heavy atom. The minimum atomic E-state index is -1.67. The third kappa shape index (κ3) is 19.0. The van der Waals surface area contributed by atoms with Crippen LogP contribution < -0.4 is 54.4 Å². The van der Waals surface area contributed by atoms with E-state index < -0.39 is 109 Å². The van der Waals surface area contributed by atoms with Gasteiger partial charge < -0.3 is 69.7 Å². The highest BCUT2D eigenvalue weighted by molar-refractivity contribution is 5.97. The van der Waals surface area contributed by atoms with E-state index in [0.717, 1.165) is 5.56 Å².